The van der Waals surface area contributed by atoms with E-state index in [1.54, 1.807) is 7.05 Å². The number of hydrogen-bond acceptors (Lipinski definition) is 3. The molecule has 1 aromatic rings. The van der Waals surface area contributed by atoms with Crippen LogP contribution in [0.3, 0.4) is 0 Å². The molecule has 0 radical (unpaired) electrons. The lowest BCUT2D eigenvalue weighted by atomic mass is 9.96. The summed E-state index contributed by atoms with van der Waals surface area (Å²) in [6, 6.07) is 8.06. The zero-order chi connectivity index (χ0) is 18.9. The van der Waals surface area contributed by atoms with E-state index in [0.717, 1.165) is 18.3 Å². The van der Waals surface area contributed by atoms with Gasteiger partial charge in [0.05, 0.1) is 6.61 Å². The molecule has 0 unspecified atom stereocenters. The van der Waals surface area contributed by atoms with Crippen LogP contribution in [0.2, 0.25) is 0 Å². The minimum absolute atomic E-state index is 0. The molecule has 0 aliphatic carbocycles. The Morgan fingerprint density at radius 2 is 1.73 bits per heavy atom. The molecule has 0 heterocycles. The van der Waals surface area contributed by atoms with E-state index in [1.165, 1.54) is 5.56 Å². The van der Waals surface area contributed by atoms with Crippen molar-refractivity contribution in [3.05, 3.63) is 29.8 Å². The molecular formula is C19H33IN4O2. The summed E-state index contributed by atoms with van der Waals surface area (Å²) in [5, 5.41) is 6.18. The number of rotatable bonds is 7. The van der Waals surface area contributed by atoms with Crippen LogP contribution < -0.4 is 15.4 Å². The van der Waals surface area contributed by atoms with Crippen molar-refractivity contribution in [3.63, 3.8) is 0 Å². The third-order valence-electron chi connectivity index (χ3n) is 3.60. The van der Waals surface area contributed by atoms with Crippen molar-refractivity contribution in [2.45, 2.75) is 34.2 Å². The summed E-state index contributed by atoms with van der Waals surface area (Å²) in [4.78, 5) is 18.2. The first-order valence-corrected chi connectivity index (χ1v) is 8.69. The van der Waals surface area contributed by atoms with Crippen LogP contribution in [0.5, 0.6) is 5.75 Å². The number of aliphatic imine (C=N–C) groups is 1. The fourth-order valence-corrected chi connectivity index (χ4v) is 2.21. The van der Waals surface area contributed by atoms with E-state index >= 15 is 0 Å². The quantitative estimate of drug-likeness (QED) is 0.275. The van der Waals surface area contributed by atoms with Crippen molar-refractivity contribution in [2.75, 3.05) is 33.8 Å². The smallest absolute Gasteiger partial charge is 0.225 e. The average Bonchev–Trinajstić information content (AvgIpc) is 2.55. The number of ether oxygens (including phenoxy) is 1. The third-order valence-corrected chi connectivity index (χ3v) is 3.60. The van der Waals surface area contributed by atoms with Gasteiger partial charge in [-0.3, -0.25) is 9.79 Å². The fourth-order valence-electron chi connectivity index (χ4n) is 2.21. The summed E-state index contributed by atoms with van der Waals surface area (Å²) in [5.74, 6) is 1.72. The molecule has 1 amide bonds. The van der Waals surface area contributed by atoms with E-state index in [2.05, 4.69) is 27.8 Å². The molecule has 26 heavy (non-hydrogen) atoms. The van der Waals surface area contributed by atoms with E-state index < -0.39 is 0 Å². The predicted octanol–water partition coefficient (Wildman–Crippen LogP) is 2.87. The summed E-state index contributed by atoms with van der Waals surface area (Å²) in [5.41, 5.74) is 0.807. The molecule has 0 bridgehead atoms. The molecule has 0 saturated heterocycles. The molecule has 0 spiro atoms. The van der Waals surface area contributed by atoms with Crippen molar-refractivity contribution >= 4 is 35.8 Å². The largest absolute Gasteiger partial charge is 0.494 e. The lowest BCUT2D eigenvalue weighted by molar-refractivity contribution is -0.128. The van der Waals surface area contributed by atoms with E-state index in [1.807, 2.05) is 51.8 Å². The average molecular weight is 476 g/mol. The molecule has 0 saturated carbocycles. The van der Waals surface area contributed by atoms with Crippen LogP contribution in [0.1, 0.15) is 33.3 Å². The minimum atomic E-state index is -0.369. The predicted molar refractivity (Wildman–Crippen MR) is 118 cm³/mol. The number of benzene rings is 1. The molecule has 0 aliphatic heterocycles. The van der Waals surface area contributed by atoms with Crippen molar-refractivity contribution in [1.82, 2.24) is 15.5 Å². The van der Waals surface area contributed by atoms with Gasteiger partial charge in [-0.25, -0.2) is 0 Å². The van der Waals surface area contributed by atoms with Crippen LogP contribution in [-0.4, -0.2) is 50.6 Å². The molecule has 148 valence electrons. The highest BCUT2D eigenvalue weighted by Crippen LogP contribution is 2.13. The van der Waals surface area contributed by atoms with Gasteiger partial charge in [-0.05, 0) is 24.6 Å². The number of guanidine groups is 1. The number of nitrogens with one attached hydrogen (secondary N) is 2. The van der Waals surface area contributed by atoms with Gasteiger partial charge in [0, 0.05) is 39.1 Å². The van der Waals surface area contributed by atoms with Gasteiger partial charge in [0.15, 0.2) is 5.96 Å². The Hall–Kier alpha value is -1.51. The molecule has 2 N–H and O–H groups in total. The van der Waals surface area contributed by atoms with E-state index in [4.69, 9.17) is 4.74 Å². The zero-order valence-corrected chi connectivity index (χ0v) is 19.1. The van der Waals surface area contributed by atoms with Crippen molar-refractivity contribution in [3.8, 4) is 5.75 Å². The molecule has 7 heteroatoms. The Balaban J connectivity index is 0.00000625. The van der Waals surface area contributed by atoms with Crippen LogP contribution in [0.4, 0.5) is 0 Å². The van der Waals surface area contributed by atoms with Crippen molar-refractivity contribution in [2.24, 2.45) is 10.4 Å². The summed E-state index contributed by atoms with van der Waals surface area (Å²) in [6.45, 7) is 10.3. The van der Waals surface area contributed by atoms with Crippen LogP contribution in [0.15, 0.2) is 29.3 Å². The van der Waals surface area contributed by atoms with Crippen molar-refractivity contribution in [1.29, 1.82) is 0 Å². The first-order valence-electron chi connectivity index (χ1n) is 8.69. The van der Waals surface area contributed by atoms with Crippen molar-refractivity contribution < 1.29 is 9.53 Å². The second kappa shape index (κ2) is 12.0. The zero-order valence-electron chi connectivity index (χ0n) is 16.8. The third kappa shape index (κ3) is 8.73. The lowest BCUT2D eigenvalue weighted by Gasteiger charge is -2.23. The maximum atomic E-state index is 11.8. The Labute approximate surface area is 174 Å². The number of carbonyl (C=O) groups is 1. The van der Waals surface area contributed by atoms with Gasteiger partial charge in [0.1, 0.15) is 5.75 Å². The first kappa shape index (κ1) is 24.5. The normalized spacial score (nSPS) is 11.4. The Morgan fingerprint density at radius 1 is 1.15 bits per heavy atom. The molecule has 0 aromatic heterocycles. The number of amides is 1. The fraction of sp³-hybridized carbons (Fsp3) is 0.579. The number of carbonyl (C=O) groups excluding carboxylic acids is 1. The summed E-state index contributed by atoms with van der Waals surface area (Å²) >= 11 is 0. The minimum Gasteiger partial charge on any atom is -0.494 e. The number of halogens is 1. The second-order valence-electron chi connectivity index (χ2n) is 6.91. The van der Waals surface area contributed by atoms with E-state index in [9.17, 15) is 4.79 Å². The van der Waals surface area contributed by atoms with Gasteiger partial charge in [0.2, 0.25) is 5.91 Å². The van der Waals surface area contributed by atoms with Crippen LogP contribution in [0.25, 0.3) is 0 Å². The highest BCUT2D eigenvalue weighted by atomic mass is 127. The van der Waals surface area contributed by atoms with Gasteiger partial charge in [0.25, 0.3) is 0 Å². The second-order valence-corrected chi connectivity index (χ2v) is 6.91. The molecule has 6 nitrogen and oxygen atoms in total. The highest BCUT2D eigenvalue weighted by molar-refractivity contribution is 14.0. The monoisotopic (exact) mass is 476 g/mol. The van der Waals surface area contributed by atoms with Gasteiger partial charge in [-0.1, -0.05) is 32.9 Å². The highest BCUT2D eigenvalue weighted by Gasteiger charge is 2.20. The number of hydrogen-bond donors (Lipinski definition) is 2. The standard InChI is InChI=1S/C19H32N4O2.HI/c1-7-25-16-10-8-15(9-11-16)14-23(6)18(20-5)22-13-12-21-17(24)19(2,3)4;/h8-11H,7,12-14H2,1-6H3,(H,20,22)(H,21,24);1H. The maximum Gasteiger partial charge on any atom is 0.225 e. The van der Waals surface area contributed by atoms with Gasteiger partial charge in [-0.2, -0.15) is 0 Å². The van der Waals surface area contributed by atoms with Gasteiger partial charge < -0.3 is 20.3 Å². The number of nitrogens with zero attached hydrogens (tertiary/aromatic N) is 2. The van der Waals surface area contributed by atoms with Crippen LogP contribution >= 0.6 is 24.0 Å². The molecule has 0 fully saturated rings. The molecule has 1 aromatic carbocycles. The van der Waals surface area contributed by atoms with Crippen LogP contribution in [0, 0.1) is 5.41 Å². The Bertz CT molecular complexity index is 568. The molecular weight excluding hydrogens is 443 g/mol. The topological polar surface area (TPSA) is 66.0 Å². The first-order chi connectivity index (χ1) is 11.8. The summed E-state index contributed by atoms with van der Waals surface area (Å²) < 4.78 is 5.46. The molecule has 1 rings (SSSR count). The lowest BCUT2D eigenvalue weighted by Crippen LogP contribution is -2.43. The summed E-state index contributed by atoms with van der Waals surface area (Å²) in [7, 11) is 3.74. The molecule has 0 aliphatic rings. The molecule has 0 atom stereocenters. The summed E-state index contributed by atoms with van der Waals surface area (Å²) in [6.07, 6.45) is 0. The Morgan fingerprint density at radius 3 is 2.23 bits per heavy atom. The Kier molecular flexibility index (Phi) is 11.3. The van der Waals surface area contributed by atoms with Gasteiger partial charge >= 0.3 is 0 Å². The maximum absolute atomic E-state index is 11.8. The van der Waals surface area contributed by atoms with E-state index in [-0.39, 0.29) is 35.3 Å². The van der Waals surface area contributed by atoms with E-state index in [0.29, 0.717) is 19.7 Å². The SMILES string of the molecule is CCOc1ccc(CN(C)C(=NC)NCCNC(=O)C(C)(C)C)cc1.I. The van der Waals surface area contributed by atoms with Gasteiger partial charge in [-0.15, -0.1) is 24.0 Å². The van der Waals surface area contributed by atoms with Crippen LogP contribution in [-0.2, 0) is 11.3 Å².